The molecule has 0 fully saturated rings. The Labute approximate surface area is 122 Å². The van der Waals surface area contributed by atoms with Gasteiger partial charge in [0.15, 0.2) is 0 Å². The molecular formula is C17H27NO2. The smallest absolute Gasteiger partial charge is 0.323 e. The number of ether oxygens (including phenoxy) is 1. The molecule has 0 heterocycles. The average Bonchev–Trinajstić information content (AvgIpc) is 2.37. The molecule has 0 radical (unpaired) electrons. The molecule has 3 heteroatoms. The first-order valence-corrected chi connectivity index (χ1v) is 7.39. The average molecular weight is 277 g/mol. The van der Waals surface area contributed by atoms with Crippen LogP contribution in [0.25, 0.3) is 0 Å². The van der Waals surface area contributed by atoms with Crippen LogP contribution in [0, 0.1) is 0 Å². The van der Waals surface area contributed by atoms with Crippen LogP contribution >= 0.6 is 0 Å². The first-order chi connectivity index (χ1) is 9.35. The van der Waals surface area contributed by atoms with Crippen molar-refractivity contribution in [1.29, 1.82) is 0 Å². The lowest BCUT2D eigenvalue weighted by atomic mass is 10.0. The molecule has 0 saturated carbocycles. The van der Waals surface area contributed by atoms with Gasteiger partial charge in [0, 0.05) is 0 Å². The van der Waals surface area contributed by atoms with Crippen molar-refractivity contribution >= 4 is 5.97 Å². The quantitative estimate of drug-likeness (QED) is 0.812. The number of rotatable bonds is 6. The molecule has 0 bridgehead atoms. The first kappa shape index (κ1) is 16.7. The van der Waals surface area contributed by atoms with Gasteiger partial charge in [-0.05, 0) is 51.3 Å². The Hall–Kier alpha value is -1.35. The van der Waals surface area contributed by atoms with Crippen LogP contribution in [0.1, 0.15) is 45.7 Å². The molecule has 0 aliphatic heterocycles. The summed E-state index contributed by atoms with van der Waals surface area (Å²) in [5.41, 5.74) is 2.02. The summed E-state index contributed by atoms with van der Waals surface area (Å²) < 4.78 is 5.47. The maximum Gasteiger partial charge on any atom is 0.323 e. The number of hydrogen-bond acceptors (Lipinski definition) is 3. The lowest BCUT2D eigenvalue weighted by Crippen LogP contribution is -2.42. The Morgan fingerprint density at radius 3 is 2.15 bits per heavy atom. The highest BCUT2D eigenvalue weighted by Crippen LogP contribution is 2.12. The third kappa shape index (κ3) is 5.74. The number of carbonyl (C=O) groups excluding carboxylic acids is 1. The molecule has 0 aliphatic carbocycles. The van der Waals surface area contributed by atoms with Crippen molar-refractivity contribution in [3.05, 3.63) is 35.4 Å². The number of benzene rings is 1. The van der Waals surface area contributed by atoms with E-state index in [-0.39, 0.29) is 12.0 Å². The highest BCUT2D eigenvalue weighted by molar-refractivity contribution is 5.76. The SMILES string of the molecule is CCNC(Cc1ccc(CC)cc1)C(=O)OC(C)(C)C. The number of nitrogens with one attached hydrogen (secondary N) is 1. The van der Waals surface area contributed by atoms with E-state index < -0.39 is 5.60 Å². The van der Waals surface area contributed by atoms with Gasteiger partial charge in [0.2, 0.25) is 0 Å². The van der Waals surface area contributed by atoms with Gasteiger partial charge in [0.25, 0.3) is 0 Å². The van der Waals surface area contributed by atoms with Gasteiger partial charge in [-0.15, -0.1) is 0 Å². The summed E-state index contributed by atoms with van der Waals surface area (Å²) in [7, 11) is 0. The predicted molar refractivity (Wildman–Crippen MR) is 82.8 cm³/mol. The van der Waals surface area contributed by atoms with Gasteiger partial charge in [-0.2, -0.15) is 0 Å². The van der Waals surface area contributed by atoms with Gasteiger partial charge in [0.1, 0.15) is 11.6 Å². The maximum absolute atomic E-state index is 12.2. The molecule has 0 aliphatic rings. The molecule has 0 spiro atoms. The molecular weight excluding hydrogens is 250 g/mol. The van der Waals surface area contributed by atoms with Crippen LogP contribution in [0.15, 0.2) is 24.3 Å². The van der Waals surface area contributed by atoms with E-state index in [1.807, 2.05) is 27.7 Å². The van der Waals surface area contributed by atoms with E-state index in [2.05, 4.69) is 36.5 Å². The topological polar surface area (TPSA) is 38.3 Å². The molecule has 3 nitrogen and oxygen atoms in total. The summed E-state index contributed by atoms with van der Waals surface area (Å²) in [5, 5.41) is 3.21. The van der Waals surface area contributed by atoms with Crippen LogP contribution in [-0.4, -0.2) is 24.2 Å². The van der Waals surface area contributed by atoms with Gasteiger partial charge in [0.05, 0.1) is 0 Å². The van der Waals surface area contributed by atoms with Crippen molar-refractivity contribution in [1.82, 2.24) is 5.32 Å². The Kier molecular flexibility index (Phi) is 6.21. The van der Waals surface area contributed by atoms with Gasteiger partial charge >= 0.3 is 5.97 Å². The van der Waals surface area contributed by atoms with Crippen molar-refractivity contribution in [3.63, 3.8) is 0 Å². The number of hydrogen-bond donors (Lipinski definition) is 1. The van der Waals surface area contributed by atoms with E-state index in [0.29, 0.717) is 6.42 Å². The van der Waals surface area contributed by atoms with Crippen molar-refractivity contribution in [2.45, 2.75) is 59.1 Å². The van der Waals surface area contributed by atoms with E-state index in [4.69, 9.17) is 4.74 Å². The molecule has 1 unspecified atom stereocenters. The van der Waals surface area contributed by atoms with Crippen LogP contribution in [-0.2, 0) is 22.4 Å². The third-order valence-electron chi connectivity index (χ3n) is 3.01. The summed E-state index contributed by atoms with van der Waals surface area (Å²) in [6, 6.07) is 8.13. The van der Waals surface area contributed by atoms with Gasteiger partial charge in [-0.3, -0.25) is 4.79 Å². The van der Waals surface area contributed by atoms with E-state index in [9.17, 15) is 4.79 Å². The second-order valence-corrected chi connectivity index (χ2v) is 6.02. The highest BCUT2D eigenvalue weighted by atomic mass is 16.6. The first-order valence-electron chi connectivity index (χ1n) is 7.39. The molecule has 0 amide bonds. The molecule has 1 N–H and O–H groups in total. The fraction of sp³-hybridized carbons (Fsp3) is 0.588. The van der Waals surface area contributed by atoms with Crippen LogP contribution < -0.4 is 5.32 Å². The lowest BCUT2D eigenvalue weighted by molar-refractivity contribution is -0.157. The van der Waals surface area contributed by atoms with Crippen LogP contribution in [0.2, 0.25) is 0 Å². The number of esters is 1. The molecule has 20 heavy (non-hydrogen) atoms. The summed E-state index contributed by atoms with van der Waals surface area (Å²) in [5.74, 6) is -0.182. The van der Waals surface area contributed by atoms with Gasteiger partial charge in [-0.1, -0.05) is 38.1 Å². The highest BCUT2D eigenvalue weighted by Gasteiger charge is 2.24. The summed E-state index contributed by atoms with van der Waals surface area (Å²) in [6.45, 7) is 10.6. The minimum absolute atomic E-state index is 0.182. The minimum atomic E-state index is -0.448. The fourth-order valence-corrected chi connectivity index (χ4v) is 2.00. The molecule has 1 rings (SSSR count). The van der Waals surface area contributed by atoms with E-state index in [1.54, 1.807) is 0 Å². The van der Waals surface area contributed by atoms with Crippen molar-refractivity contribution in [2.75, 3.05) is 6.54 Å². The summed E-state index contributed by atoms with van der Waals surface area (Å²) in [4.78, 5) is 12.2. The zero-order valence-corrected chi connectivity index (χ0v) is 13.3. The number of aryl methyl sites for hydroxylation is 1. The predicted octanol–water partition coefficient (Wildman–Crippen LogP) is 3.11. The molecule has 1 aromatic carbocycles. The molecule has 1 atom stereocenters. The Morgan fingerprint density at radius 2 is 1.70 bits per heavy atom. The zero-order chi connectivity index (χ0) is 15.2. The number of carbonyl (C=O) groups is 1. The maximum atomic E-state index is 12.2. The van der Waals surface area contributed by atoms with Gasteiger partial charge < -0.3 is 10.1 Å². The monoisotopic (exact) mass is 277 g/mol. The molecule has 0 aromatic heterocycles. The largest absolute Gasteiger partial charge is 0.459 e. The van der Waals surface area contributed by atoms with Crippen LogP contribution in [0.4, 0.5) is 0 Å². The Balaban J connectivity index is 2.72. The molecule has 1 aromatic rings. The van der Waals surface area contributed by atoms with Crippen molar-refractivity contribution < 1.29 is 9.53 Å². The lowest BCUT2D eigenvalue weighted by Gasteiger charge is -2.24. The van der Waals surface area contributed by atoms with Gasteiger partial charge in [-0.25, -0.2) is 0 Å². The van der Waals surface area contributed by atoms with Crippen LogP contribution in [0.3, 0.4) is 0 Å². The summed E-state index contributed by atoms with van der Waals surface area (Å²) >= 11 is 0. The van der Waals surface area contributed by atoms with E-state index >= 15 is 0 Å². The molecule has 0 saturated heterocycles. The Bertz CT molecular complexity index is 418. The van der Waals surface area contributed by atoms with E-state index in [0.717, 1.165) is 18.5 Å². The van der Waals surface area contributed by atoms with Crippen LogP contribution in [0.5, 0.6) is 0 Å². The summed E-state index contributed by atoms with van der Waals surface area (Å²) in [6.07, 6.45) is 1.69. The van der Waals surface area contributed by atoms with Crippen molar-refractivity contribution in [3.8, 4) is 0 Å². The normalized spacial score (nSPS) is 13.1. The van der Waals surface area contributed by atoms with Crippen molar-refractivity contribution in [2.24, 2.45) is 0 Å². The third-order valence-corrected chi connectivity index (χ3v) is 3.01. The zero-order valence-electron chi connectivity index (χ0n) is 13.3. The second kappa shape index (κ2) is 7.44. The molecule has 112 valence electrons. The fourth-order valence-electron chi connectivity index (χ4n) is 2.00. The minimum Gasteiger partial charge on any atom is -0.459 e. The van der Waals surface area contributed by atoms with E-state index in [1.165, 1.54) is 5.56 Å². The number of likely N-dealkylation sites (N-methyl/N-ethyl adjacent to an activating group) is 1. The second-order valence-electron chi connectivity index (χ2n) is 6.02. The standard InChI is InChI=1S/C17H27NO2/c1-6-13-8-10-14(11-9-13)12-15(18-7-2)16(19)20-17(3,4)5/h8-11,15,18H,6-7,12H2,1-5H3. The Morgan fingerprint density at radius 1 is 1.15 bits per heavy atom.